The van der Waals surface area contributed by atoms with Crippen molar-refractivity contribution in [1.29, 1.82) is 0 Å². The molecule has 2 rings (SSSR count). The second-order valence-electron chi connectivity index (χ2n) is 8.17. The molecule has 0 aliphatic carbocycles. The molecule has 0 spiro atoms. The van der Waals surface area contributed by atoms with Gasteiger partial charge in [0, 0.05) is 23.9 Å². The monoisotopic (exact) mass is 520 g/mol. The van der Waals surface area contributed by atoms with Crippen LogP contribution in [-0.4, -0.2) is 64.5 Å². The number of aliphatic carboxylic acids is 1. The van der Waals surface area contributed by atoms with Crippen LogP contribution in [0.15, 0.2) is 42.5 Å². The predicted octanol–water partition coefficient (Wildman–Crippen LogP) is 3.68. The molecule has 1 aromatic carbocycles. The third-order valence-electron chi connectivity index (χ3n) is 5.31. The first-order valence-electron chi connectivity index (χ1n) is 11.7. The van der Waals surface area contributed by atoms with Crippen molar-refractivity contribution in [3.05, 3.63) is 42.5 Å². The van der Waals surface area contributed by atoms with Gasteiger partial charge < -0.3 is 26.2 Å². The fraction of sp³-hybridized carbons (Fsp3) is 0.480. The van der Waals surface area contributed by atoms with Gasteiger partial charge in [-0.25, -0.2) is 9.78 Å². The highest BCUT2D eigenvalue weighted by molar-refractivity contribution is 7.98. The second-order valence-corrected chi connectivity index (χ2v) is 9.52. The average Bonchev–Trinajstić information content (AvgIpc) is 2.87. The summed E-state index contributed by atoms with van der Waals surface area (Å²) in [5.74, 6) is -0.124. The summed E-state index contributed by atoms with van der Waals surface area (Å²) in [7, 11) is 0. The van der Waals surface area contributed by atoms with E-state index in [1.807, 2.05) is 55.6 Å². The van der Waals surface area contributed by atoms with Crippen molar-refractivity contribution in [3.63, 3.8) is 0 Å². The topological polar surface area (TPSA) is 127 Å². The minimum atomic E-state index is -1.06. The van der Waals surface area contributed by atoms with Crippen molar-refractivity contribution < 1.29 is 19.4 Å². The van der Waals surface area contributed by atoms with Crippen LogP contribution in [0.3, 0.4) is 0 Å². The molecule has 0 fully saturated rings. The number of ether oxygens (including phenoxy) is 1. The third kappa shape index (κ3) is 9.62. The number of thioether (sulfide) groups is 1. The minimum absolute atomic E-state index is 0.174. The zero-order chi connectivity index (χ0) is 25.6. The molecule has 8 nitrogen and oxygen atoms in total. The van der Waals surface area contributed by atoms with Gasteiger partial charge in [0.1, 0.15) is 6.04 Å². The van der Waals surface area contributed by atoms with Crippen LogP contribution in [-0.2, 0) is 9.59 Å². The van der Waals surface area contributed by atoms with Gasteiger partial charge in [-0.3, -0.25) is 4.79 Å². The Kier molecular flexibility index (Phi) is 12.8. The second kappa shape index (κ2) is 15.5. The standard InChI is InChI=1S/C25H36N4O4S2/c1-3-4-10-22(23(30)28-21(25(31)32)13-14-35-2)33-24-20(27-15-18(26)16-34)12-11-19(29-24)17-8-6-5-7-9-17/h5-9,11-12,18,21-22,27,34H,3-4,10,13-16,26H2,1-2H3,(H,28,30)(H,31,32)/t18?,21?,22-/m0/s1. The van der Waals surface area contributed by atoms with E-state index in [-0.39, 0.29) is 11.9 Å². The molecule has 0 saturated heterocycles. The summed E-state index contributed by atoms with van der Waals surface area (Å²) in [6.45, 7) is 2.47. The third-order valence-corrected chi connectivity index (χ3v) is 6.42. The van der Waals surface area contributed by atoms with E-state index in [0.717, 1.165) is 18.4 Å². The molecule has 2 aromatic rings. The Morgan fingerprint density at radius 3 is 2.57 bits per heavy atom. The maximum atomic E-state index is 13.1. The van der Waals surface area contributed by atoms with E-state index in [4.69, 9.17) is 15.5 Å². The number of carbonyl (C=O) groups excluding carboxylic acids is 1. The maximum Gasteiger partial charge on any atom is 0.326 e. The Morgan fingerprint density at radius 2 is 1.94 bits per heavy atom. The van der Waals surface area contributed by atoms with Crippen molar-refractivity contribution in [3.8, 4) is 17.1 Å². The number of carboxylic acid groups (broad SMARTS) is 1. The number of amides is 1. The Labute approximate surface area is 217 Å². The lowest BCUT2D eigenvalue weighted by molar-refractivity contribution is -0.143. The largest absolute Gasteiger partial charge is 0.480 e. The molecule has 35 heavy (non-hydrogen) atoms. The lowest BCUT2D eigenvalue weighted by Gasteiger charge is -2.23. The number of unbranched alkanes of at least 4 members (excludes halogenated alkanes) is 1. The van der Waals surface area contributed by atoms with E-state index < -0.39 is 24.0 Å². The molecule has 0 aliphatic heterocycles. The highest BCUT2D eigenvalue weighted by Gasteiger charge is 2.27. The Bertz CT molecular complexity index is 933. The number of nitrogens with zero attached hydrogens (tertiary/aromatic N) is 1. The van der Waals surface area contributed by atoms with Gasteiger partial charge in [0.15, 0.2) is 6.10 Å². The molecule has 2 unspecified atom stereocenters. The number of hydrogen-bond donors (Lipinski definition) is 5. The Morgan fingerprint density at radius 1 is 1.20 bits per heavy atom. The summed E-state index contributed by atoms with van der Waals surface area (Å²) >= 11 is 5.76. The number of carbonyl (C=O) groups is 2. The molecule has 1 heterocycles. The first-order chi connectivity index (χ1) is 16.9. The molecule has 3 atom stereocenters. The van der Waals surface area contributed by atoms with Crippen LogP contribution in [0.25, 0.3) is 11.3 Å². The smallest absolute Gasteiger partial charge is 0.326 e. The van der Waals surface area contributed by atoms with Crippen LogP contribution >= 0.6 is 24.4 Å². The van der Waals surface area contributed by atoms with Crippen LogP contribution in [0, 0.1) is 0 Å². The SMILES string of the molecule is CCCC[C@H](Oc1nc(-c2ccccc2)ccc1NCC(N)CS)C(=O)NC(CCSC)C(=O)O. The van der Waals surface area contributed by atoms with Gasteiger partial charge in [-0.05, 0) is 43.4 Å². The van der Waals surface area contributed by atoms with Crippen LogP contribution in [0.1, 0.15) is 32.6 Å². The molecule has 0 radical (unpaired) electrons. The first kappa shape index (κ1) is 28.8. The average molecular weight is 521 g/mol. The fourth-order valence-electron chi connectivity index (χ4n) is 3.27. The van der Waals surface area contributed by atoms with E-state index in [1.165, 1.54) is 11.8 Å². The van der Waals surface area contributed by atoms with Gasteiger partial charge in [-0.1, -0.05) is 43.7 Å². The van der Waals surface area contributed by atoms with Crippen molar-refractivity contribution in [1.82, 2.24) is 10.3 Å². The summed E-state index contributed by atoms with van der Waals surface area (Å²) in [6, 6.07) is 12.2. The quantitative estimate of drug-likeness (QED) is 0.212. The predicted molar refractivity (Wildman–Crippen MR) is 146 cm³/mol. The molecule has 0 saturated carbocycles. The number of anilines is 1. The normalized spacial score (nSPS) is 13.5. The number of pyridine rings is 1. The number of thiol groups is 1. The minimum Gasteiger partial charge on any atom is -0.480 e. The Hall–Kier alpha value is -2.43. The van der Waals surface area contributed by atoms with Crippen molar-refractivity contribution in [2.75, 3.05) is 29.6 Å². The molecular formula is C25H36N4O4S2. The van der Waals surface area contributed by atoms with Crippen molar-refractivity contribution in [2.45, 2.75) is 50.8 Å². The van der Waals surface area contributed by atoms with Crippen molar-refractivity contribution >= 4 is 42.0 Å². The molecule has 1 aromatic heterocycles. The van der Waals surface area contributed by atoms with E-state index in [1.54, 1.807) is 0 Å². The van der Waals surface area contributed by atoms with Gasteiger partial charge in [-0.15, -0.1) is 0 Å². The molecule has 0 aliphatic rings. The zero-order valence-corrected chi connectivity index (χ0v) is 22.0. The maximum absolute atomic E-state index is 13.1. The van der Waals surface area contributed by atoms with Gasteiger partial charge in [0.25, 0.3) is 5.91 Å². The fourth-order valence-corrected chi connectivity index (χ4v) is 3.87. The number of aromatic nitrogens is 1. The molecule has 5 N–H and O–H groups in total. The number of carboxylic acids is 1. The summed E-state index contributed by atoms with van der Waals surface area (Å²) in [5.41, 5.74) is 8.22. The van der Waals surface area contributed by atoms with Crippen LogP contribution in [0.5, 0.6) is 5.88 Å². The van der Waals surface area contributed by atoms with E-state index in [0.29, 0.717) is 42.3 Å². The lowest BCUT2D eigenvalue weighted by atomic mass is 10.1. The molecule has 1 amide bonds. The summed E-state index contributed by atoms with van der Waals surface area (Å²) in [6.07, 6.45) is 3.38. The summed E-state index contributed by atoms with van der Waals surface area (Å²) < 4.78 is 6.18. The van der Waals surface area contributed by atoms with Crippen LogP contribution < -0.4 is 21.1 Å². The van der Waals surface area contributed by atoms with E-state index >= 15 is 0 Å². The van der Waals surface area contributed by atoms with Gasteiger partial charge >= 0.3 is 5.97 Å². The summed E-state index contributed by atoms with van der Waals surface area (Å²) in [5, 5.41) is 15.4. The van der Waals surface area contributed by atoms with Gasteiger partial charge in [-0.2, -0.15) is 24.4 Å². The number of nitrogens with one attached hydrogen (secondary N) is 2. The molecule has 0 bridgehead atoms. The van der Waals surface area contributed by atoms with Crippen LogP contribution in [0.4, 0.5) is 5.69 Å². The highest BCUT2D eigenvalue weighted by Crippen LogP contribution is 2.29. The lowest BCUT2D eigenvalue weighted by Crippen LogP contribution is -2.47. The van der Waals surface area contributed by atoms with Crippen molar-refractivity contribution in [2.24, 2.45) is 5.73 Å². The molecule has 10 heteroatoms. The number of benzene rings is 1. The number of hydrogen-bond acceptors (Lipinski definition) is 8. The van der Waals surface area contributed by atoms with E-state index in [9.17, 15) is 14.7 Å². The highest BCUT2D eigenvalue weighted by atomic mass is 32.2. The molecule has 192 valence electrons. The number of rotatable bonds is 16. The van der Waals surface area contributed by atoms with Gasteiger partial charge in [0.2, 0.25) is 5.88 Å². The zero-order valence-electron chi connectivity index (χ0n) is 20.3. The first-order valence-corrected chi connectivity index (χ1v) is 13.8. The van der Waals surface area contributed by atoms with Gasteiger partial charge in [0.05, 0.1) is 11.4 Å². The number of nitrogens with two attached hydrogens (primary N) is 1. The van der Waals surface area contributed by atoms with Crippen LogP contribution in [0.2, 0.25) is 0 Å². The molecular weight excluding hydrogens is 484 g/mol. The summed E-state index contributed by atoms with van der Waals surface area (Å²) in [4.78, 5) is 29.5. The van der Waals surface area contributed by atoms with E-state index in [2.05, 4.69) is 23.3 Å². The Balaban J connectivity index is 2.33.